The molecule has 20 heavy (non-hydrogen) atoms. The van der Waals surface area contributed by atoms with Crippen molar-refractivity contribution in [1.29, 1.82) is 0 Å². The van der Waals surface area contributed by atoms with Crippen molar-refractivity contribution in [3.05, 3.63) is 0 Å². The Labute approximate surface area is 143 Å². The summed E-state index contributed by atoms with van der Waals surface area (Å²) in [5.41, 5.74) is 0. The van der Waals surface area contributed by atoms with Gasteiger partial charge in [-0.15, -0.1) is 24.0 Å². The van der Waals surface area contributed by atoms with E-state index in [1.165, 1.54) is 25.8 Å². The summed E-state index contributed by atoms with van der Waals surface area (Å²) in [4.78, 5) is 6.70. The summed E-state index contributed by atoms with van der Waals surface area (Å²) in [6, 6.07) is 0. The molecule has 0 aromatic carbocycles. The van der Waals surface area contributed by atoms with Crippen LogP contribution < -0.4 is 10.6 Å². The highest BCUT2D eigenvalue weighted by atomic mass is 127. The van der Waals surface area contributed by atoms with Gasteiger partial charge in [0.15, 0.2) is 5.96 Å². The number of aliphatic imine (C=N–C) groups is 1. The highest BCUT2D eigenvalue weighted by molar-refractivity contribution is 14.0. The molecule has 0 spiro atoms. The second kappa shape index (κ2) is 15.4. The van der Waals surface area contributed by atoms with Gasteiger partial charge in [-0.3, -0.25) is 4.99 Å². The normalized spacial score (nSPS) is 11.7. The zero-order chi connectivity index (χ0) is 14.5. The van der Waals surface area contributed by atoms with Crippen LogP contribution in [-0.4, -0.2) is 50.6 Å². The average Bonchev–Trinajstić information content (AvgIpc) is 2.40. The molecule has 0 unspecified atom stereocenters. The van der Waals surface area contributed by atoms with Crippen molar-refractivity contribution in [3.8, 4) is 0 Å². The zero-order valence-corrected chi connectivity index (χ0v) is 16.4. The monoisotopic (exact) mass is 398 g/mol. The Morgan fingerprint density at radius 1 is 1.05 bits per heavy atom. The number of hydrogen-bond acceptors (Lipinski definition) is 2. The number of halogens is 1. The van der Waals surface area contributed by atoms with Crippen molar-refractivity contribution >= 4 is 29.9 Å². The number of guanidine groups is 1. The van der Waals surface area contributed by atoms with E-state index in [1.54, 1.807) is 0 Å². The van der Waals surface area contributed by atoms with Crippen LogP contribution in [0.2, 0.25) is 0 Å². The molecule has 4 nitrogen and oxygen atoms in total. The van der Waals surface area contributed by atoms with Crippen molar-refractivity contribution in [2.24, 2.45) is 10.9 Å². The Bertz CT molecular complexity index is 228. The molecule has 0 radical (unpaired) electrons. The minimum Gasteiger partial charge on any atom is -0.356 e. The van der Waals surface area contributed by atoms with Crippen LogP contribution in [0.4, 0.5) is 0 Å². The van der Waals surface area contributed by atoms with Gasteiger partial charge in [0.25, 0.3) is 0 Å². The first-order valence-corrected chi connectivity index (χ1v) is 7.80. The Morgan fingerprint density at radius 2 is 1.65 bits per heavy atom. The Morgan fingerprint density at radius 3 is 2.15 bits per heavy atom. The zero-order valence-electron chi connectivity index (χ0n) is 14.0. The second-order valence-electron chi connectivity index (χ2n) is 5.34. The molecule has 0 aliphatic carbocycles. The fourth-order valence-electron chi connectivity index (χ4n) is 1.91. The summed E-state index contributed by atoms with van der Waals surface area (Å²) < 4.78 is 0. The summed E-state index contributed by atoms with van der Waals surface area (Å²) in [5.74, 6) is 1.67. The Kier molecular flexibility index (Phi) is 17.1. The lowest BCUT2D eigenvalue weighted by Gasteiger charge is -2.18. The third kappa shape index (κ3) is 13.0. The highest BCUT2D eigenvalue weighted by Gasteiger charge is 2.00. The van der Waals surface area contributed by atoms with Crippen molar-refractivity contribution in [2.75, 3.05) is 39.8 Å². The fraction of sp³-hybridized carbons (Fsp3) is 0.933. The second-order valence-corrected chi connectivity index (χ2v) is 5.34. The van der Waals surface area contributed by atoms with E-state index in [-0.39, 0.29) is 24.0 Å². The molecular formula is C15H35IN4. The predicted molar refractivity (Wildman–Crippen MR) is 101 cm³/mol. The van der Waals surface area contributed by atoms with Gasteiger partial charge in [-0.1, -0.05) is 27.7 Å². The van der Waals surface area contributed by atoms with Crippen LogP contribution in [0.25, 0.3) is 0 Å². The molecule has 0 heterocycles. The van der Waals surface area contributed by atoms with Gasteiger partial charge in [-0.25, -0.2) is 0 Å². The molecule has 0 aromatic heterocycles. The van der Waals surface area contributed by atoms with Crippen molar-refractivity contribution in [1.82, 2.24) is 15.5 Å². The molecule has 122 valence electrons. The summed E-state index contributed by atoms with van der Waals surface area (Å²) in [6.07, 6.45) is 3.63. The SMILES string of the molecule is CCN(CC)CCCCNC(=NC)NCCC(C)C.I. The minimum atomic E-state index is 0. The van der Waals surface area contributed by atoms with Gasteiger partial charge in [0.2, 0.25) is 0 Å². The highest BCUT2D eigenvalue weighted by Crippen LogP contribution is 1.96. The topological polar surface area (TPSA) is 39.7 Å². The molecule has 0 saturated carbocycles. The number of nitrogens with zero attached hydrogens (tertiary/aromatic N) is 2. The lowest BCUT2D eigenvalue weighted by atomic mass is 10.1. The standard InChI is InChI=1S/C15H34N4.HI/c1-6-19(7-2)13-9-8-11-17-15(16-5)18-12-10-14(3)4;/h14H,6-13H2,1-5H3,(H2,16,17,18);1H. The first kappa shape index (κ1) is 22.2. The van der Waals surface area contributed by atoms with Crippen molar-refractivity contribution in [2.45, 2.75) is 47.0 Å². The van der Waals surface area contributed by atoms with E-state index in [0.717, 1.165) is 38.1 Å². The molecule has 0 rings (SSSR count). The lowest BCUT2D eigenvalue weighted by Crippen LogP contribution is -2.38. The molecular weight excluding hydrogens is 363 g/mol. The maximum absolute atomic E-state index is 4.23. The Hall–Kier alpha value is -0.0400. The third-order valence-electron chi connectivity index (χ3n) is 3.33. The van der Waals surface area contributed by atoms with Crippen LogP contribution in [0, 0.1) is 5.92 Å². The molecule has 0 bridgehead atoms. The molecule has 5 heteroatoms. The minimum absolute atomic E-state index is 0. The number of hydrogen-bond donors (Lipinski definition) is 2. The molecule has 0 amide bonds. The van der Waals surface area contributed by atoms with Crippen LogP contribution in [0.5, 0.6) is 0 Å². The molecule has 0 aliphatic heterocycles. The first-order valence-electron chi connectivity index (χ1n) is 7.80. The van der Waals surface area contributed by atoms with Gasteiger partial charge in [0, 0.05) is 20.1 Å². The van der Waals surface area contributed by atoms with Crippen LogP contribution in [0.1, 0.15) is 47.0 Å². The largest absolute Gasteiger partial charge is 0.356 e. The first-order chi connectivity index (χ1) is 9.13. The van der Waals surface area contributed by atoms with E-state index in [1.807, 2.05) is 7.05 Å². The van der Waals surface area contributed by atoms with Gasteiger partial charge in [-0.2, -0.15) is 0 Å². The smallest absolute Gasteiger partial charge is 0.190 e. The van der Waals surface area contributed by atoms with E-state index in [0.29, 0.717) is 0 Å². The van der Waals surface area contributed by atoms with Gasteiger partial charge in [0.1, 0.15) is 0 Å². The Balaban J connectivity index is 0. The van der Waals surface area contributed by atoms with Gasteiger partial charge >= 0.3 is 0 Å². The summed E-state index contributed by atoms with van der Waals surface area (Å²) in [6.45, 7) is 14.4. The van der Waals surface area contributed by atoms with Crippen LogP contribution in [-0.2, 0) is 0 Å². The summed E-state index contributed by atoms with van der Waals surface area (Å²) >= 11 is 0. The van der Waals surface area contributed by atoms with Crippen LogP contribution in [0.15, 0.2) is 4.99 Å². The van der Waals surface area contributed by atoms with Crippen LogP contribution >= 0.6 is 24.0 Å². The quantitative estimate of drug-likeness (QED) is 0.257. The summed E-state index contributed by atoms with van der Waals surface area (Å²) in [5, 5.41) is 6.72. The van der Waals surface area contributed by atoms with E-state index in [4.69, 9.17) is 0 Å². The lowest BCUT2D eigenvalue weighted by molar-refractivity contribution is 0.297. The average molecular weight is 398 g/mol. The van der Waals surface area contributed by atoms with E-state index < -0.39 is 0 Å². The van der Waals surface area contributed by atoms with Crippen molar-refractivity contribution in [3.63, 3.8) is 0 Å². The maximum Gasteiger partial charge on any atom is 0.190 e. The molecule has 0 aliphatic rings. The van der Waals surface area contributed by atoms with E-state index in [9.17, 15) is 0 Å². The maximum atomic E-state index is 4.23. The third-order valence-corrected chi connectivity index (χ3v) is 3.33. The summed E-state index contributed by atoms with van der Waals surface area (Å²) in [7, 11) is 1.83. The number of rotatable bonds is 10. The number of nitrogens with one attached hydrogen (secondary N) is 2. The molecule has 0 atom stereocenters. The predicted octanol–water partition coefficient (Wildman–Crippen LogP) is 2.94. The van der Waals surface area contributed by atoms with E-state index >= 15 is 0 Å². The van der Waals surface area contributed by atoms with Gasteiger partial charge in [-0.05, 0) is 44.8 Å². The van der Waals surface area contributed by atoms with Crippen molar-refractivity contribution < 1.29 is 0 Å². The van der Waals surface area contributed by atoms with E-state index in [2.05, 4.69) is 48.2 Å². The van der Waals surface area contributed by atoms with Gasteiger partial charge in [0.05, 0.1) is 0 Å². The fourth-order valence-corrected chi connectivity index (χ4v) is 1.91. The van der Waals surface area contributed by atoms with Gasteiger partial charge < -0.3 is 15.5 Å². The molecule has 0 saturated heterocycles. The molecule has 0 fully saturated rings. The number of unbranched alkanes of at least 4 members (excludes halogenated alkanes) is 1. The molecule has 0 aromatic rings. The van der Waals surface area contributed by atoms with Crippen LogP contribution in [0.3, 0.4) is 0 Å². The molecule has 2 N–H and O–H groups in total.